The first-order valence-corrected chi connectivity index (χ1v) is 4.12. The second-order valence-corrected chi connectivity index (χ2v) is 2.46. The molecule has 1 aromatic heterocycles. The maximum Gasteiger partial charge on any atom is 0.329 e. The van der Waals surface area contributed by atoms with E-state index in [0.717, 1.165) is 0 Å². The van der Waals surface area contributed by atoms with Gasteiger partial charge < -0.3 is 10.6 Å². The highest BCUT2D eigenvalue weighted by molar-refractivity contribution is 5.56. The Kier molecular flexibility index (Phi) is 3.16. The molecule has 2 N–H and O–H groups in total. The third-order valence-electron chi connectivity index (χ3n) is 1.54. The fourth-order valence-electron chi connectivity index (χ4n) is 0.936. The largest absolute Gasteiger partial charge is 0.367 e. The van der Waals surface area contributed by atoms with Gasteiger partial charge in [-0.05, 0) is 6.92 Å². The van der Waals surface area contributed by atoms with E-state index < -0.39 is 4.92 Å². The molecule has 0 aliphatic rings. The zero-order valence-corrected chi connectivity index (χ0v) is 7.94. The van der Waals surface area contributed by atoms with E-state index in [1.807, 2.05) is 6.92 Å². The van der Waals surface area contributed by atoms with E-state index in [-0.39, 0.29) is 11.5 Å². The molecule has 0 unspecified atom stereocenters. The Hall–Kier alpha value is -1.92. The summed E-state index contributed by atoms with van der Waals surface area (Å²) in [5.41, 5.74) is -0.130. The molecule has 0 fully saturated rings. The first kappa shape index (κ1) is 10.2. The van der Waals surface area contributed by atoms with E-state index >= 15 is 0 Å². The minimum Gasteiger partial charge on any atom is -0.367 e. The van der Waals surface area contributed by atoms with Gasteiger partial charge in [-0.15, -0.1) is 0 Å². The first-order valence-electron chi connectivity index (χ1n) is 4.12. The molecule has 1 heterocycles. The molecule has 0 atom stereocenters. The van der Waals surface area contributed by atoms with Gasteiger partial charge in [0.2, 0.25) is 11.8 Å². The summed E-state index contributed by atoms with van der Waals surface area (Å²) in [4.78, 5) is 17.7. The Morgan fingerprint density at radius 1 is 1.64 bits per heavy atom. The van der Waals surface area contributed by atoms with Gasteiger partial charge in [0.05, 0.1) is 4.92 Å². The number of hydrogen-bond acceptors (Lipinski definition) is 6. The molecular weight excluding hydrogens is 186 g/mol. The van der Waals surface area contributed by atoms with Gasteiger partial charge in [0.1, 0.15) is 6.20 Å². The second kappa shape index (κ2) is 4.35. The molecule has 0 bridgehead atoms. The van der Waals surface area contributed by atoms with Crippen LogP contribution < -0.4 is 10.6 Å². The Morgan fingerprint density at radius 3 is 2.86 bits per heavy atom. The summed E-state index contributed by atoms with van der Waals surface area (Å²) in [6, 6.07) is 0. The molecule has 0 saturated heterocycles. The van der Waals surface area contributed by atoms with Crippen LogP contribution in [0.15, 0.2) is 6.20 Å². The van der Waals surface area contributed by atoms with E-state index in [0.29, 0.717) is 12.5 Å². The van der Waals surface area contributed by atoms with Crippen molar-refractivity contribution in [2.75, 3.05) is 24.2 Å². The summed E-state index contributed by atoms with van der Waals surface area (Å²) in [7, 11) is 1.57. The van der Waals surface area contributed by atoms with Gasteiger partial charge in [0.15, 0.2) is 0 Å². The molecule has 0 aliphatic heterocycles. The standard InChI is InChI=1S/C7H11N5O2/c1-3-9-7-10-4-5(12(13)14)6(8-2)11-7/h4H,3H2,1-2H3,(H2,8,9,10,11). The Balaban J connectivity index is 3.05. The van der Waals surface area contributed by atoms with Crippen LogP contribution in [-0.4, -0.2) is 28.5 Å². The monoisotopic (exact) mass is 197 g/mol. The second-order valence-electron chi connectivity index (χ2n) is 2.46. The van der Waals surface area contributed by atoms with Crippen LogP contribution in [0.3, 0.4) is 0 Å². The lowest BCUT2D eigenvalue weighted by Crippen LogP contribution is -2.06. The molecule has 0 aromatic carbocycles. The van der Waals surface area contributed by atoms with Crippen LogP contribution in [0.4, 0.5) is 17.5 Å². The predicted octanol–water partition coefficient (Wildman–Crippen LogP) is 0.858. The smallest absolute Gasteiger partial charge is 0.329 e. The van der Waals surface area contributed by atoms with E-state index in [4.69, 9.17) is 0 Å². The lowest BCUT2D eigenvalue weighted by atomic mass is 10.5. The molecule has 1 rings (SSSR count). The Bertz CT molecular complexity index is 341. The molecule has 7 heteroatoms. The quantitative estimate of drug-likeness (QED) is 0.549. The van der Waals surface area contributed by atoms with Gasteiger partial charge in [0.25, 0.3) is 0 Å². The van der Waals surface area contributed by atoms with Gasteiger partial charge in [-0.2, -0.15) is 4.98 Å². The lowest BCUT2D eigenvalue weighted by molar-refractivity contribution is -0.384. The molecule has 0 amide bonds. The number of nitro groups is 1. The minimum absolute atomic E-state index is 0.130. The van der Waals surface area contributed by atoms with Crippen LogP contribution in [0.5, 0.6) is 0 Å². The highest BCUT2D eigenvalue weighted by Gasteiger charge is 2.15. The van der Waals surface area contributed by atoms with Crippen LogP contribution in [0.2, 0.25) is 0 Å². The predicted molar refractivity (Wildman–Crippen MR) is 52.4 cm³/mol. The fourth-order valence-corrected chi connectivity index (χ4v) is 0.936. The molecule has 14 heavy (non-hydrogen) atoms. The van der Waals surface area contributed by atoms with Crippen molar-refractivity contribution in [1.82, 2.24) is 9.97 Å². The van der Waals surface area contributed by atoms with Gasteiger partial charge in [-0.25, -0.2) is 4.98 Å². The van der Waals surface area contributed by atoms with Crippen molar-refractivity contribution in [2.45, 2.75) is 6.92 Å². The highest BCUT2D eigenvalue weighted by Crippen LogP contribution is 2.20. The fraction of sp³-hybridized carbons (Fsp3) is 0.429. The number of rotatable bonds is 4. The van der Waals surface area contributed by atoms with Gasteiger partial charge in [-0.1, -0.05) is 0 Å². The average Bonchev–Trinajstić information content (AvgIpc) is 2.17. The summed E-state index contributed by atoms with van der Waals surface area (Å²) in [6.07, 6.45) is 1.18. The van der Waals surface area contributed by atoms with Crippen molar-refractivity contribution in [2.24, 2.45) is 0 Å². The molecule has 0 spiro atoms. The number of aromatic nitrogens is 2. The van der Waals surface area contributed by atoms with Gasteiger partial charge >= 0.3 is 5.69 Å². The summed E-state index contributed by atoms with van der Waals surface area (Å²) >= 11 is 0. The average molecular weight is 197 g/mol. The first-order chi connectivity index (χ1) is 6.69. The maximum atomic E-state index is 10.5. The van der Waals surface area contributed by atoms with Crippen LogP contribution in [0.25, 0.3) is 0 Å². The number of hydrogen-bond donors (Lipinski definition) is 2. The van der Waals surface area contributed by atoms with Gasteiger partial charge in [-0.3, -0.25) is 10.1 Å². The zero-order valence-electron chi connectivity index (χ0n) is 7.94. The van der Waals surface area contributed by atoms with Crippen molar-refractivity contribution < 1.29 is 4.92 Å². The van der Waals surface area contributed by atoms with Crippen molar-refractivity contribution in [3.63, 3.8) is 0 Å². The number of nitrogens with zero attached hydrogens (tertiary/aromatic N) is 3. The van der Waals surface area contributed by atoms with Crippen LogP contribution in [0.1, 0.15) is 6.92 Å². The van der Waals surface area contributed by atoms with Crippen molar-refractivity contribution in [3.05, 3.63) is 16.3 Å². The molecular formula is C7H11N5O2. The third kappa shape index (κ3) is 2.06. The number of nitrogens with one attached hydrogen (secondary N) is 2. The van der Waals surface area contributed by atoms with Crippen molar-refractivity contribution in [3.8, 4) is 0 Å². The van der Waals surface area contributed by atoms with E-state index in [1.54, 1.807) is 7.05 Å². The topological polar surface area (TPSA) is 93.0 Å². The molecule has 76 valence electrons. The lowest BCUT2D eigenvalue weighted by Gasteiger charge is -2.03. The van der Waals surface area contributed by atoms with Crippen LogP contribution in [-0.2, 0) is 0 Å². The summed E-state index contributed by atoms with van der Waals surface area (Å²) in [6.45, 7) is 2.56. The minimum atomic E-state index is -0.526. The Morgan fingerprint density at radius 2 is 2.36 bits per heavy atom. The SMILES string of the molecule is CCNc1ncc([N+](=O)[O-])c(NC)n1. The molecule has 0 saturated carbocycles. The van der Waals surface area contributed by atoms with E-state index in [9.17, 15) is 10.1 Å². The highest BCUT2D eigenvalue weighted by atomic mass is 16.6. The summed E-state index contributed by atoms with van der Waals surface area (Å²) in [5.74, 6) is 0.586. The summed E-state index contributed by atoms with van der Waals surface area (Å²) < 4.78 is 0. The van der Waals surface area contributed by atoms with Crippen molar-refractivity contribution in [1.29, 1.82) is 0 Å². The summed E-state index contributed by atoms with van der Waals surface area (Å²) in [5, 5.41) is 16.0. The van der Waals surface area contributed by atoms with E-state index in [1.165, 1.54) is 6.20 Å². The van der Waals surface area contributed by atoms with Gasteiger partial charge in [0, 0.05) is 13.6 Å². The van der Waals surface area contributed by atoms with E-state index in [2.05, 4.69) is 20.6 Å². The number of anilines is 2. The molecule has 7 nitrogen and oxygen atoms in total. The Labute approximate surface area is 80.7 Å². The molecule has 0 aliphatic carbocycles. The normalized spacial score (nSPS) is 9.57. The molecule has 1 aromatic rings. The zero-order chi connectivity index (χ0) is 10.6. The maximum absolute atomic E-state index is 10.5. The molecule has 0 radical (unpaired) electrons. The van der Waals surface area contributed by atoms with Crippen LogP contribution in [0, 0.1) is 10.1 Å². The third-order valence-corrected chi connectivity index (χ3v) is 1.54. The van der Waals surface area contributed by atoms with Crippen molar-refractivity contribution >= 4 is 17.5 Å². The van der Waals surface area contributed by atoms with Crippen LogP contribution >= 0.6 is 0 Å².